The number of carbonyl (C=O) groups excluding carboxylic acids is 2. The van der Waals surface area contributed by atoms with Crippen LogP contribution in [-0.2, 0) is 4.79 Å². The third-order valence-corrected chi connectivity index (χ3v) is 5.21. The summed E-state index contributed by atoms with van der Waals surface area (Å²) in [6.07, 6.45) is 0.246. The molecule has 0 saturated carbocycles. The Kier molecular flexibility index (Phi) is 4.94. The molecule has 3 aromatic rings. The van der Waals surface area contributed by atoms with E-state index in [2.05, 4.69) is 5.32 Å². The fourth-order valence-corrected chi connectivity index (χ4v) is 3.75. The number of imide groups is 1. The van der Waals surface area contributed by atoms with Crippen molar-refractivity contribution >= 4 is 17.6 Å². The van der Waals surface area contributed by atoms with Gasteiger partial charge in [-0.3, -0.25) is 4.79 Å². The summed E-state index contributed by atoms with van der Waals surface area (Å²) in [5.74, 6) is -0.346. The third-order valence-electron chi connectivity index (χ3n) is 5.21. The summed E-state index contributed by atoms with van der Waals surface area (Å²) < 4.78 is 0. The molecule has 3 amide bonds. The number of para-hydroxylation sites is 1. The van der Waals surface area contributed by atoms with Crippen LogP contribution in [0.1, 0.15) is 35.1 Å². The van der Waals surface area contributed by atoms with Gasteiger partial charge in [0.25, 0.3) is 0 Å². The Hall–Kier alpha value is -3.40. The average molecular weight is 370 g/mol. The van der Waals surface area contributed by atoms with Crippen molar-refractivity contribution in [3.63, 3.8) is 0 Å². The summed E-state index contributed by atoms with van der Waals surface area (Å²) in [5.41, 5.74) is 3.78. The lowest BCUT2D eigenvalue weighted by Gasteiger charge is -2.25. The molecule has 1 saturated heterocycles. The molecule has 1 N–H and O–H groups in total. The molecule has 0 unspecified atom stereocenters. The van der Waals surface area contributed by atoms with Gasteiger partial charge in [0.05, 0.1) is 11.7 Å². The number of carbonyl (C=O) groups is 2. The summed E-state index contributed by atoms with van der Waals surface area (Å²) in [6, 6.07) is 26.4. The Labute approximate surface area is 164 Å². The van der Waals surface area contributed by atoms with Crippen LogP contribution in [0.3, 0.4) is 0 Å². The van der Waals surface area contributed by atoms with Gasteiger partial charge >= 0.3 is 6.03 Å². The monoisotopic (exact) mass is 370 g/mol. The van der Waals surface area contributed by atoms with Crippen molar-refractivity contribution < 1.29 is 9.59 Å². The van der Waals surface area contributed by atoms with Crippen LogP contribution in [-0.4, -0.2) is 11.9 Å². The number of nitrogens with one attached hydrogen (secondary N) is 1. The van der Waals surface area contributed by atoms with E-state index in [0.29, 0.717) is 5.69 Å². The highest BCUT2D eigenvalue weighted by molar-refractivity contribution is 6.15. The van der Waals surface area contributed by atoms with Crippen LogP contribution in [0.5, 0.6) is 0 Å². The maximum absolute atomic E-state index is 13.1. The molecule has 0 aromatic heterocycles. The van der Waals surface area contributed by atoms with Crippen molar-refractivity contribution in [3.8, 4) is 0 Å². The second-order valence-electron chi connectivity index (χ2n) is 7.12. The lowest BCUT2D eigenvalue weighted by molar-refractivity contribution is -0.118. The minimum absolute atomic E-state index is 0.145. The molecule has 4 nitrogen and oxygen atoms in total. The van der Waals surface area contributed by atoms with Gasteiger partial charge in [0.1, 0.15) is 0 Å². The number of benzene rings is 3. The zero-order valence-electron chi connectivity index (χ0n) is 15.7. The average Bonchev–Trinajstić information content (AvgIpc) is 2.85. The normalized spacial score (nSPS) is 19.8. The van der Waals surface area contributed by atoms with Gasteiger partial charge in [0.15, 0.2) is 0 Å². The Morgan fingerprint density at radius 3 is 2.04 bits per heavy atom. The van der Waals surface area contributed by atoms with Crippen molar-refractivity contribution in [3.05, 3.63) is 102 Å². The van der Waals surface area contributed by atoms with E-state index in [0.717, 1.165) is 16.7 Å². The van der Waals surface area contributed by atoms with E-state index >= 15 is 0 Å². The Morgan fingerprint density at radius 2 is 1.39 bits per heavy atom. The quantitative estimate of drug-likeness (QED) is 0.708. The minimum atomic E-state index is -0.389. The molecule has 3 aromatic carbocycles. The predicted octanol–water partition coefficient (Wildman–Crippen LogP) is 4.97. The number of rotatable bonds is 3. The molecule has 4 heteroatoms. The summed E-state index contributed by atoms with van der Waals surface area (Å²) >= 11 is 0. The molecular formula is C24H22N2O2. The summed E-state index contributed by atoms with van der Waals surface area (Å²) in [7, 11) is 0. The number of anilines is 1. The molecule has 1 aliphatic rings. The van der Waals surface area contributed by atoms with Crippen molar-refractivity contribution in [1.82, 2.24) is 5.32 Å². The van der Waals surface area contributed by atoms with Gasteiger partial charge in [0, 0.05) is 12.3 Å². The van der Waals surface area contributed by atoms with Crippen LogP contribution in [0.15, 0.2) is 84.9 Å². The summed E-state index contributed by atoms with van der Waals surface area (Å²) in [6.45, 7) is 2.04. The Bertz CT molecular complexity index is 969. The zero-order valence-corrected chi connectivity index (χ0v) is 15.7. The van der Waals surface area contributed by atoms with Gasteiger partial charge in [-0.2, -0.15) is 0 Å². The van der Waals surface area contributed by atoms with E-state index in [1.807, 2.05) is 79.7 Å². The van der Waals surface area contributed by atoms with Crippen LogP contribution in [0, 0.1) is 6.92 Å². The van der Waals surface area contributed by atoms with Crippen LogP contribution in [0.25, 0.3) is 0 Å². The highest BCUT2D eigenvalue weighted by Crippen LogP contribution is 2.37. The van der Waals surface area contributed by atoms with Crippen molar-refractivity contribution in [2.45, 2.75) is 25.3 Å². The molecule has 1 heterocycles. The maximum atomic E-state index is 13.1. The topological polar surface area (TPSA) is 49.4 Å². The molecule has 0 bridgehead atoms. The van der Waals surface area contributed by atoms with Crippen molar-refractivity contribution in [1.29, 1.82) is 0 Å². The smallest absolute Gasteiger partial charge is 0.329 e. The van der Waals surface area contributed by atoms with Gasteiger partial charge in [-0.05, 0) is 30.2 Å². The van der Waals surface area contributed by atoms with Gasteiger partial charge in [-0.1, -0.05) is 78.4 Å². The summed E-state index contributed by atoms with van der Waals surface area (Å²) in [5, 5.41) is 3.10. The molecular weight excluding hydrogens is 348 g/mol. The van der Waals surface area contributed by atoms with Gasteiger partial charge in [-0.25, -0.2) is 9.69 Å². The number of hydrogen-bond acceptors (Lipinski definition) is 2. The molecule has 0 aliphatic carbocycles. The number of hydrogen-bond donors (Lipinski definition) is 1. The molecule has 2 atom stereocenters. The molecule has 28 heavy (non-hydrogen) atoms. The van der Waals surface area contributed by atoms with Crippen molar-refractivity contribution in [2.75, 3.05) is 4.90 Å². The van der Waals surface area contributed by atoms with E-state index in [9.17, 15) is 9.59 Å². The molecule has 0 spiro atoms. The second kappa shape index (κ2) is 7.69. The van der Waals surface area contributed by atoms with Crippen LogP contribution in [0.4, 0.5) is 10.5 Å². The summed E-state index contributed by atoms with van der Waals surface area (Å²) in [4.78, 5) is 27.4. The van der Waals surface area contributed by atoms with E-state index < -0.39 is 0 Å². The maximum Gasteiger partial charge on any atom is 0.329 e. The van der Waals surface area contributed by atoms with E-state index in [1.165, 1.54) is 4.90 Å². The largest absolute Gasteiger partial charge is 0.330 e. The van der Waals surface area contributed by atoms with Gasteiger partial charge in [-0.15, -0.1) is 0 Å². The molecule has 140 valence electrons. The molecule has 0 radical (unpaired) electrons. The first-order valence-electron chi connectivity index (χ1n) is 9.43. The first-order valence-corrected chi connectivity index (χ1v) is 9.43. The van der Waals surface area contributed by atoms with Crippen LogP contribution < -0.4 is 10.2 Å². The first kappa shape index (κ1) is 18.0. The SMILES string of the molecule is Cc1ccc([C@@H]2CC(=O)N(c3ccccc3)C(=O)N[C@H]2c2ccccc2)cc1. The highest BCUT2D eigenvalue weighted by Gasteiger charge is 2.37. The molecule has 1 fully saturated rings. The van der Waals surface area contributed by atoms with Gasteiger partial charge < -0.3 is 5.32 Å². The van der Waals surface area contributed by atoms with E-state index in [-0.39, 0.29) is 30.3 Å². The first-order chi connectivity index (χ1) is 13.6. The van der Waals surface area contributed by atoms with Crippen molar-refractivity contribution in [2.24, 2.45) is 0 Å². The number of amides is 3. The van der Waals surface area contributed by atoms with Gasteiger partial charge in [0.2, 0.25) is 5.91 Å². The van der Waals surface area contributed by atoms with Crippen LogP contribution >= 0.6 is 0 Å². The molecule has 1 aliphatic heterocycles. The zero-order chi connectivity index (χ0) is 19.5. The predicted molar refractivity (Wildman–Crippen MR) is 110 cm³/mol. The molecule has 4 rings (SSSR count). The number of urea groups is 1. The second-order valence-corrected chi connectivity index (χ2v) is 7.12. The Balaban J connectivity index is 1.77. The Morgan fingerprint density at radius 1 is 0.786 bits per heavy atom. The number of nitrogens with zero attached hydrogens (tertiary/aromatic N) is 1. The van der Waals surface area contributed by atoms with E-state index in [1.54, 1.807) is 12.1 Å². The highest BCUT2D eigenvalue weighted by atomic mass is 16.2. The fraction of sp³-hybridized carbons (Fsp3) is 0.167. The number of aryl methyl sites for hydroxylation is 1. The van der Waals surface area contributed by atoms with E-state index in [4.69, 9.17) is 0 Å². The lowest BCUT2D eigenvalue weighted by atomic mass is 9.84. The van der Waals surface area contributed by atoms with Crippen LogP contribution in [0.2, 0.25) is 0 Å². The standard InChI is InChI=1S/C24H22N2O2/c1-17-12-14-18(15-13-17)21-16-22(27)26(20-10-6-3-7-11-20)24(28)25-23(21)19-8-4-2-5-9-19/h2-15,21,23H,16H2,1H3,(H,25,28)/t21-,23-/m0/s1. The lowest BCUT2D eigenvalue weighted by Crippen LogP contribution is -2.42. The third kappa shape index (κ3) is 3.54. The fourth-order valence-electron chi connectivity index (χ4n) is 3.75. The minimum Gasteiger partial charge on any atom is -0.330 e.